The SMILES string of the molecule is CC1C(c2ccccc2)C1(C(=O)OC(C)(C)C)N(N1CCOC1=O)S(=O)O. The molecule has 148 valence electrons. The summed E-state index contributed by atoms with van der Waals surface area (Å²) in [4.78, 5) is 25.4. The van der Waals surface area contributed by atoms with Crippen molar-refractivity contribution < 1.29 is 27.8 Å². The van der Waals surface area contributed by atoms with Gasteiger partial charge in [0, 0.05) is 5.92 Å². The quantitative estimate of drug-likeness (QED) is 0.606. The fraction of sp³-hybridized carbons (Fsp3) is 0.556. The Kier molecular flexibility index (Phi) is 5.04. The molecular formula is C18H24N2O6S. The molecule has 4 unspecified atom stereocenters. The van der Waals surface area contributed by atoms with E-state index in [1.165, 1.54) is 0 Å². The van der Waals surface area contributed by atoms with Crippen molar-refractivity contribution in [1.82, 2.24) is 9.42 Å². The Morgan fingerprint density at radius 2 is 2.00 bits per heavy atom. The number of nitrogens with zero attached hydrogens (tertiary/aromatic N) is 2. The van der Waals surface area contributed by atoms with Crippen molar-refractivity contribution in [2.45, 2.75) is 44.8 Å². The van der Waals surface area contributed by atoms with E-state index in [0.717, 1.165) is 15.0 Å². The molecule has 0 bridgehead atoms. The maximum atomic E-state index is 13.3. The van der Waals surface area contributed by atoms with E-state index in [1.807, 2.05) is 37.3 Å². The van der Waals surface area contributed by atoms with Gasteiger partial charge in [0.1, 0.15) is 12.2 Å². The van der Waals surface area contributed by atoms with E-state index >= 15 is 0 Å². The average molecular weight is 396 g/mol. The molecular weight excluding hydrogens is 372 g/mol. The van der Waals surface area contributed by atoms with Crippen LogP contribution in [0.2, 0.25) is 0 Å². The van der Waals surface area contributed by atoms with E-state index in [9.17, 15) is 18.4 Å². The fourth-order valence-corrected chi connectivity index (χ4v) is 4.68. The predicted octanol–water partition coefficient (Wildman–Crippen LogP) is 2.31. The van der Waals surface area contributed by atoms with Crippen LogP contribution in [0, 0.1) is 5.92 Å². The van der Waals surface area contributed by atoms with Gasteiger partial charge in [-0.1, -0.05) is 41.7 Å². The first-order valence-corrected chi connectivity index (χ1v) is 9.81. The van der Waals surface area contributed by atoms with Gasteiger partial charge < -0.3 is 9.47 Å². The summed E-state index contributed by atoms with van der Waals surface area (Å²) in [6, 6.07) is 9.24. The van der Waals surface area contributed by atoms with E-state index in [1.54, 1.807) is 20.8 Å². The zero-order valence-electron chi connectivity index (χ0n) is 15.7. The fourth-order valence-electron chi connectivity index (χ4n) is 3.75. The normalized spacial score (nSPS) is 28.8. The van der Waals surface area contributed by atoms with Crippen LogP contribution >= 0.6 is 0 Å². The highest BCUT2D eigenvalue weighted by atomic mass is 32.2. The summed E-state index contributed by atoms with van der Waals surface area (Å²) in [5.74, 6) is -1.39. The summed E-state index contributed by atoms with van der Waals surface area (Å²) < 4.78 is 33.8. The molecule has 2 aliphatic rings. The molecule has 9 heteroatoms. The molecule has 1 heterocycles. The molecule has 1 N–H and O–H groups in total. The minimum atomic E-state index is -2.63. The van der Waals surface area contributed by atoms with E-state index in [4.69, 9.17) is 9.47 Å². The first-order chi connectivity index (χ1) is 12.6. The van der Waals surface area contributed by atoms with E-state index in [0.29, 0.717) is 0 Å². The number of hydrazine groups is 1. The Labute approximate surface area is 160 Å². The van der Waals surface area contributed by atoms with Crippen LogP contribution in [0.1, 0.15) is 39.2 Å². The number of rotatable bonds is 5. The van der Waals surface area contributed by atoms with Crippen LogP contribution in [0.5, 0.6) is 0 Å². The number of benzene rings is 1. The second-order valence-electron chi connectivity index (χ2n) is 7.75. The van der Waals surface area contributed by atoms with Crippen LogP contribution in [-0.4, -0.2) is 54.5 Å². The van der Waals surface area contributed by atoms with Crippen molar-refractivity contribution in [3.05, 3.63) is 35.9 Å². The summed E-state index contributed by atoms with van der Waals surface area (Å²) in [7, 11) is 0. The molecule has 27 heavy (non-hydrogen) atoms. The van der Waals surface area contributed by atoms with Crippen LogP contribution in [0.25, 0.3) is 0 Å². The molecule has 4 atom stereocenters. The zero-order chi connectivity index (χ0) is 20.0. The monoisotopic (exact) mass is 396 g/mol. The van der Waals surface area contributed by atoms with Gasteiger partial charge in [-0.3, -0.25) is 4.55 Å². The van der Waals surface area contributed by atoms with Gasteiger partial charge in [-0.2, -0.15) is 0 Å². The largest absolute Gasteiger partial charge is 0.458 e. The maximum Gasteiger partial charge on any atom is 0.425 e. The Hall–Kier alpha value is -1.97. The topological polar surface area (TPSA) is 96.4 Å². The lowest BCUT2D eigenvalue weighted by atomic mass is 10.1. The highest BCUT2D eigenvalue weighted by Crippen LogP contribution is 2.62. The third kappa shape index (κ3) is 3.35. The molecule has 1 saturated carbocycles. The van der Waals surface area contributed by atoms with Crippen LogP contribution < -0.4 is 0 Å². The van der Waals surface area contributed by atoms with Gasteiger partial charge in [0.2, 0.25) is 0 Å². The van der Waals surface area contributed by atoms with Crippen molar-refractivity contribution in [2.24, 2.45) is 5.92 Å². The van der Waals surface area contributed by atoms with Crippen LogP contribution in [0.3, 0.4) is 0 Å². The average Bonchev–Trinajstić information content (AvgIpc) is 2.96. The number of carbonyl (C=O) groups excluding carboxylic acids is 2. The Bertz CT molecular complexity index is 765. The molecule has 1 saturated heterocycles. The predicted molar refractivity (Wildman–Crippen MR) is 97.6 cm³/mol. The first kappa shape index (κ1) is 19.8. The van der Waals surface area contributed by atoms with Gasteiger partial charge in [-0.25, -0.2) is 18.8 Å². The van der Waals surface area contributed by atoms with Gasteiger partial charge >= 0.3 is 12.1 Å². The number of hydrogen-bond donors (Lipinski definition) is 1. The second-order valence-corrected chi connectivity index (χ2v) is 8.55. The van der Waals surface area contributed by atoms with Gasteiger partial charge in [0.25, 0.3) is 11.3 Å². The van der Waals surface area contributed by atoms with E-state index in [-0.39, 0.29) is 19.1 Å². The number of carbonyl (C=O) groups is 2. The lowest BCUT2D eigenvalue weighted by Gasteiger charge is -2.35. The maximum absolute atomic E-state index is 13.3. The molecule has 1 amide bonds. The van der Waals surface area contributed by atoms with Crippen molar-refractivity contribution in [3.63, 3.8) is 0 Å². The summed E-state index contributed by atoms with van der Waals surface area (Å²) in [6.45, 7) is 7.17. The third-order valence-corrected chi connectivity index (χ3v) is 5.66. The summed E-state index contributed by atoms with van der Waals surface area (Å²) in [5, 5.41) is 1.03. The van der Waals surface area contributed by atoms with Crippen LogP contribution in [0.15, 0.2) is 30.3 Å². The van der Waals surface area contributed by atoms with Crippen LogP contribution in [-0.2, 0) is 25.5 Å². The minimum absolute atomic E-state index is 0.0846. The molecule has 1 aromatic carbocycles. The van der Waals surface area contributed by atoms with Crippen molar-refractivity contribution in [2.75, 3.05) is 13.2 Å². The number of esters is 1. The van der Waals surface area contributed by atoms with Gasteiger partial charge in [0.05, 0.1) is 6.54 Å². The standard InChI is InChI=1S/C18H24N2O6S/c1-12-14(13-8-6-5-7-9-13)18(12,15(21)26-17(2,3)4)20(27(23)24)19-10-11-25-16(19)22/h5-9,12,14H,10-11H2,1-4H3,(H,23,24). The molecule has 8 nitrogen and oxygen atoms in total. The molecule has 1 aromatic rings. The third-order valence-electron chi connectivity index (χ3n) is 4.87. The second kappa shape index (κ2) is 6.88. The summed E-state index contributed by atoms with van der Waals surface area (Å²) >= 11 is -2.63. The number of cyclic esters (lactones) is 1. The van der Waals surface area contributed by atoms with Crippen molar-refractivity contribution >= 4 is 23.3 Å². The number of hydrogen-bond acceptors (Lipinski definition) is 5. The molecule has 0 spiro atoms. The smallest absolute Gasteiger partial charge is 0.425 e. The lowest BCUT2D eigenvalue weighted by Crippen LogP contribution is -2.57. The van der Waals surface area contributed by atoms with Gasteiger partial charge in [0.15, 0.2) is 5.54 Å². The highest BCUT2D eigenvalue weighted by Gasteiger charge is 2.76. The number of amides is 1. The molecule has 0 aromatic heterocycles. The number of ether oxygens (including phenoxy) is 2. The minimum Gasteiger partial charge on any atom is -0.458 e. The Balaban J connectivity index is 2.09. The first-order valence-electron chi connectivity index (χ1n) is 8.74. The lowest BCUT2D eigenvalue weighted by molar-refractivity contribution is -0.166. The van der Waals surface area contributed by atoms with Gasteiger partial charge in [-0.05, 0) is 32.3 Å². The molecule has 1 aliphatic carbocycles. The molecule has 1 aliphatic heterocycles. The van der Waals surface area contributed by atoms with Crippen LogP contribution in [0.4, 0.5) is 4.79 Å². The van der Waals surface area contributed by atoms with Gasteiger partial charge in [-0.15, -0.1) is 0 Å². The van der Waals surface area contributed by atoms with E-state index < -0.39 is 40.4 Å². The summed E-state index contributed by atoms with van der Waals surface area (Å²) in [6.07, 6.45) is -0.758. The Morgan fingerprint density at radius 1 is 1.37 bits per heavy atom. The molecule has 0 radical (unpaired) electrons. The van der Waals surface area contributed by atoms with Crippen molar-refractivity contribution in [3.8, 4) is 0 Å². The summed E-state index contributed by atoms with van der Waals surface area (Å²) in [5.41, 5.74) is -1.43. The van der Waals surface area contributed by atoms with E-state index in [2.05, 4.69) is 0 Å². The molecule has 2 fully saturated rings. The molecule has 3 rings (SSSR count). The zero-order valence-corrected chi connectivity index (χ0v) is 16.6. The highest BCUT2D eigenvalue weighted by molar-refractivity contribution is 7.76. The Morgan fingerprint density at radius 3 is 2.48 bits per heavy atom. The van der Waals surface area contributed by atoms with Crippen molar-refractivity contribution in [1.29, 1.82) is 0 Å².